The van der Waals surface area contributed by atoms with Crippen molar-refractivity contribution in [3.05, 3.63) is 33.2 Å². The van der Waals surface area contributed by atoms with Crippen LogP contribution in [0.3, 0.4) is 0 Å². The fraction of sp³-hybridized carbons (Fsp3) is 0.100. The standard InChI is InChI=1S/C10H8Br2O2/c1-3-7-4-8(11)10(9(12)5-7)14-6(2)13/h3-5H,1H2,2H3. The zero-order valence-electron chi connectivity index (χ0n) is 7.51. The first kappa shape index (κ1) is 11.5. The Balaban J connectivity index is 3.17. The molecule has 0 aromatic heterocycles. The van der Waals surface area contributed by atoms with E-state index in [9.17, 15) is 4.79 Å². The highest BCUT2D eigenvalue weighted by molar-refractivity contribution is 9.11. The van der Waals surface area contributed by atoms with E-state index in [1.807, 2.05) is 12.1 Å². The van der Waals surface area contributed by atoms with Gasteiger partial charge in [0.05, 0.1) is 8.95 Å². The highest BCUT2D eigenvalue weighted by atomic mass is 79.9. The number of rotatable bonds is 2. The van der Waals surface area contributed by atoms with Gasteiger partial charge in [0.15, 0.2) is 5.75 Å². The van der Waals surface area contributed by atoms with Gasteiger partial charge in [0, 0.05) is 6.92 Å². The maximum absolute atomic E-state index is 10.8. The summed E-state index contributed by atoms with van der Waals surface area (Å²) in [4.78, 5) is 10.8. The summed E-state index contributed by atoms with van der Waals surface area (Å²) < 4.78 is 6.45. The van der Waals surface area contributed by atoms with Crippen LogP contribution in [0.15, 0.2) is 27.7 Å². The van der Waals surface area contributed by atoms with Crippen molar-refractivity contribution in [2.75, 3.05) is 0 Å². The van der Waals surface area contributed by atoms with Gasteiger partial charge in [-0.1, -0.05) is 12.7 Å². The Morgan fingerprint density at radius 3 is 2.29 bits per heavy atom. The van der Waals surface area contributed by atoms with Gasteiger partial charge >= 0.3 is 5.97 Å². The van der Waals surface area contributed by atoms with E-state index in [0.717, 1.165) is 14.5 Å². The second kappa shape index (κ2) is 4.75. The molecule has 0 atom stereocenters. The molecule has 0 aliphatic rings. The van der Waals surface area contributed by atoms with Crippen molar-refractivity contribution in [3.63, 3.8) is 0 Å². The lowest BCUT2D eigenvalue weighted by molar-refractivity contribution is -0.131. The molecule has 0 heterocycles. The number of esters is 1. The van der Waals surface area contributed by atoms with Crippen LogP contribution in [0.5, 0.6) is 5.75 Å². The molecule has 0 aliphatic carbocycles. The van der Waals surface area contributed by atoms with Crippen LogP contribution in [0.1, 0.15) is 12.5 Å². The molecule has 0 amide bonds. The summed E-state index contributed by atoms with van der Waals surface area (Å²) in [6.45, 7) is 5.02. The van der Waals surface area contributed by atoms with Gasteiger partial charge in [-0.05, 0) is 49.6 Å². The molecule has 0 radical (unpaired) electrons. The van der Waals surface area contributed by atoms with Gasteiger partial charge in [0.1, 0.15) is 0 Å². The van der Waals surface area contributed by atoms with E-state index in [0.29, 0.717) is 5.75 Å². The Labute approximate surface area is 99.2 Å². The Morgan fingerprint density at radius 2 is 1.93 bits per heavy atom. The first-order chi connectivity index (χ1) is 6.54. The highest BCUT2D eigenvalue weighted by Gasteiger charge is 2.09. The van der Waals surface area contributed by atoms with Crippen molar-refractivity contribution >= 4 is 43.9 Å². The number of ether oxygens (including phenoxy) is 1. The van der Waals surface area contributed by atoms with Gasteiger partial charge in [0.25, 0.3) is 0 Å². The van der Waals surface area contributed by atoms with Crippen LogP contribution in [-0.2, 0) is 4.79 Å². The fourth-order valence-electron chi connectivity index (χ4n) is 0.939. The van der Waals surface area contributed by atoms with Crippen LogP contribution in [0.2, 0.25) is 0 Å². The van der Waals surface area contributed by atoms with E-state index in [1.165, 1.54) is 6.92 Å². The van der Waals surface area contributed by atoms with E-state index in [2.05, 4.69) is 38.4 Å². The number of benzene rings is 1. The summed E-state index contributed by atoms with van der Waals surface area (Å²) in [5.41, 5.74) is 0.944. The molecule has 2 nitrogen and oxygen atoms in total. The fourth-order valence-corrected chi connectivity index (χ4v) is 2.32. The molecule has 0 N–H and O–H groups in total. The van der Waals surface area contributed by atoms with Gasteiger partial charge in [-0.3, -0.25) is 4.79 Å². The van der Waals surface area contributed by atoms with E-state index >= 15 is 0 Å². The van der Waals surface area contributed by atoms with E-state index in [4.69, 9.17) is 4.74 Å². The van der Waals surface area contributed by atoms with Gasteiger partial charge in [0.2, 0.25) is 0 Å². The monoisotopic (exact) mass is 318 g/mol. The largest absolute Gasteiger partial charge is 0.424 e. The van der Waals surface area contributed by atoms with E-state index < -0.39 is 0 Å². The van der Waals surface area contributed by atoms with Gasteiger partial charge < -0.3 is 4.74 Å². The smallest absolute Gasteiger partial charge is 0.308 e. The summed E-state index contributed by atoms with van der Waals surface area (Å²) in [5.74, 6) is 0.140. The molecule has 0 unspecified atom stereocenters. The predicted octanol–water partition coefficient (Wildman–Crippen LogP) is 3.78. The van der Waals surface area contributed by atoms with Gasteiger partial charge in [-0.25, -0.2) is 0 Å². The zero-order valence-corrected chi connectivity index (χ0v) is 10.7. The molecular formula is C10H8Br2O2. The maximum atomic E-state index is 10.8. The topological polar surface area (TPSA) is 26.3 Å². The normalized spacial score (nSPS) is 9.64. The van der Waals surface area contributed by atoms with Crippen molar-refractivity contribution in [1.29, 1.82) is 0 Å². The molecule has 0 saturated heterocycles. The van der Waals surface area contributed by atoms with Crippen molar-refractivity contribution < 1.29 is 9.53 Å². The van der Waals surface area contributed by atoms with E-state index in [1.54, 1.807) is 6.08 Å². The second-order valence-electron chi connectivity index (χ2n) is 2.61. The van der Waals surface area contributed by atoms with E-state index in [-0.39, 0.29) is 5.97 Å². The first-order valence-electron chi connectivity index (χ1n) is 3.84. The molecule has 0 fully saturated rings. The minimum absolute atomic E-state index is 0.349. The minimum Gasteiger partial charge on any atom is -0.424 e. The average molecular weight is 320 g/mol. The zero-order chi connectivity index (χ0) is 10.7. The molecule has 74 valence electrons. The second-order valence-corrected chi connectivity index (χ2v) is 4.32. The summed E-state index contributed by atoms with van der Waals surface area (Å²) in [7, 11) is 0. The lowest BCUT2D eigenvalue weighted by Crippen LogP contribution is -2.02. The quantitative estimate of drug-likeness (QED) is 0.612. The molecule has 1 rings (SSSR count). The molecule has 0 saturated carbocycles. The number of carbonyl (C=O) groups excluding carboxylic acids is 1. The Hall–Kier alpha value is -0.610. The van der Waals surface area contributed by atoms with Crippen LogP contribution in [0.25, 0.3) is 6.08 Å². The van der Waals surface area contributed by atoms with Crippen molar-refractivity contribution in [1.82, 2.24) is 0 Å². The summed E-state index contributed by atoms with van der Waals surface area (Å²) in [6, 6.07) is 3.66. The number of carbonyl (C=O) groups is 1. The molecule has 4 heteroatoms. The molecule has 14 heavy (non-hydrogen) atoms. The van der Waals surface area contributed by atoms with Crippen LogP contribution in [0.4, 0.5) is 0 Å². The molecule has 0 bridgehead atoms. The Bertz CT molecular complexity index is 363. The minimum atomic E-state index is -0.349. The van der Waals surface area contributed by atoms with Gasteiger partial charge in [-0.15, -0.1) is 0 Å². The summed E-state index contributed by atoms with van der Waals surface area (Å²) >= 11 is 6.62. The lowest BCUT2D eigenvalue weighted by Gasteiger charge is -2.07. The number of hydrogen-bond acceptors (Lipinski definition) is 2. The van der Waals surface area contributed by atoms with Crippen molar-refractivity contribution in [3.8, 4) is 5.75 Å². The van der Waals surface area contributed by atoms with Crippen LogP contribution >= 0.6 is 31.9 Å². The summed E-state index contributed by atoms with van der Waals surface area (Å²) in [6.07, 6.45) is 1.72. The maximum Gasteiger partial charge on any atom is 0.308 e. The van der Waals surface area contributed by atoms with Crippen molar-refractivity contribution in [2.45, 2.75) is 6.92 Å². The van der Waals surface area contributed by atoms with Crippen LogP contribution < -0.4 is 4.74 Å². The Kier molecular flexibility index (Phi) is 3.89. The van der Waals surface area contributed by atoms with Crippen LogP contribution in [-0.4, -0.2) is 5.97 Å². The molecule has 1 aromatic carbocycles. The number of halogens is 2. The SMILES string of the molecule is C=Cc1cc(Br)c(OC(C)=O)c(Br)c1. The third-order valence-electron chi connectivity index (χ3n) is 1.50. The average Bonchev–Trinajstić information content (AvgIpc) is 2.10. The highest BCUT2D eigenvalue weighted by Crippen LogP contribution is 2.35. The van der Waals surface area contributed by atoms with Crippen LogP contribution in [0, 0.1) is 0 Å². The molecule has 1 aromatic rings. The third kappa shape index (κ3) is 2.69. The number of hydrogen-bond donors (Lipinski definition) is 0. The first-order valence-corrected chi connectivity index (χ1v) is 5.43. The van der Waals surface area contributed by atoms with Crippen molar-refractivity contribution in [2.24, 2.45) is 0 Å². The third-order valence-corrected chi connectivity index (χ3v) is 2.68. The molecule has 0 spiro atoms. The molecule has 0 aliphatic heterocycles. The predicted molar refractivity (Wildman–Crippen MR) is 63.2 cm³/mol. The lowest BCUT2D eigenvalue weighted by atomic mass is 10.2. The van der Waals surface area contributed by atoms with Gasteiger partial charge in [-0.2, -0.15) is 0 Å². The molecular weight excluding hydrogens is 312 g/mol. The summed E-state index contributed by atoms with van der Waals surface area (Å²) in [5, 5.41) is 0. The Morgan fingerprint density at radius 1 is 1.43 bits per heavy atom.